The van der Waals surface area contributed by atoms with Crippen LogP contribution in [0.5, 0.6) is 0 Å². The van der Waals surface area contributed by atoms with Crippen LogP contribution in [-0.4, -0.2) is 30.6 Å². The number of hydrogen-bond donors (Lipinski definition) is 4. The van der Waals surface area contributed by atoms with Gasteiger partial charge < -0.3 is 20.6 Å². The Balaban J connectivity index is 1.56. The minimum atomic E-state index is -0.285. The number of nitrogens with zero attached hydrogens (tertiary/aromatic N) is 3. The molecule has 0 unspecified atom stereocenters. The molecule has 0 saturated heterocycles. The van der Waals surface area contributed by atoms with Crippen molar-refractivity contribution in [2.45, 2.75) is 25.4 Å². The van der Waals surface area contributed by atoms with E-state index in [-0.39, 0.29) is 5.69 Å². The number of benzene rings is 1. The topological polar surface area (TPSA) is 103 Å². The fourth-order valence-electron chi connectivity index (χ4n) is 3.21. The van der Waals surface area contributed by atoms with Crippen molar-refractivity contribution in [1.29, 1.82) is 0 Å². The fourth-order valence-corrected chi connectivity index (χ4v) is 3.21. The Morgan fingerprint density at radius 3 is 2.79 bits per heavy atom. The number of H-pyrrole nitrogens is 2. The Morgan fingerprint density at radius 1 is 1.24 bits per heavy atom. The molecule has 4 N–H and O–H groups in total. The van der Waals surface area contributed by atoms with Gasteiger partial charge in [0, 0.05) is 24.2 Å². The molecule has 1 fully saturated rings. The van der Waals surface area contributed by atoms with Crippen LogP contribution in [0, 0.1) is 0 Å². The van der Waals surface area contributed by atoms with E-state index in [9.17, 15) is 4.79 Å². The lowest BCUT2D eigenvalue weighted by molar-refractivity contribution is 0.922. The number of aromatic nitrogens is 5. The highest BCUT2D eigenvalue weighted by molar-refractivity contribution is 5.69. The molecule has 1 aliphatic rings. The van der Waals surface area contributed by atoms with Gasteiger partial charge in [0.15, 0.2) is 5.65 Å². The Bertz CT molecular complexity index is 1330. The average molecular weight is 387 g/mol. The zero-order valence-corrected chi connectivity index (χ0v) is 15.8. The van der Waals surface area contributed by atoms with E-state index < -0.39 is 0 Å². The molecule has 8 nitrogen and oxygen atoms in total. The van der Waals surface area contributed by atoms with Gasteiger partial charge in [0.2, 0.25) is 0 Å². The van der Waals surface area contributed by atoms with Crippen molar-refractivity contribution < 1.29 is 0 Å². The second-order valence-electron chi connectivity index (χ2n) is 7.24. The molecule has 4 aromatic rings. The Labute approximate surface area is 166 Å². The highest BCUT2D eigenvalue weighted by Crippen LogP contribution is 2.27. The Kier molecular flexibility index (Phi) is 4.16. The predicted octanol–water partition coefficient (Wildman–Crippen LogP) is 1.17. The van der Waals surface area contributed by atoms with Gasteiger partial charge in [0.25, 0.3) is 0 Å². The molecule has 29 heavy (non-hydrogen) atoms. The van der Waals surface area contributed by atoms with Crippen LogP contribution in [0.25, 0.3) is 18.3 Å². The molecule has 0 spiro atoms. The molecule has 0 amide bonds. The molecule has 146 valence electrons. The van der Waals surface area contributed by atoms with Gasteiger partial charge in [0.05, 0.1) is 16.9 Å². The number of rotatable bonds is 6. The minimum Gasteiger partial charge on any atom is -0.367 e. The second kappa shape index (κ2) is 6.97. The smallest absolute Gasteiger partial charge is 0.323 e. The summed E-state index contributed by atoms with van der Waals surface area (Å²) in [6, 6.07) is 12.7. The third kappa shape index (κ3) is 3.64. The van der Waals surface area contributed by atoms with Crippen LogP contribution in [-0.2, 0) is 6.54 Å². The third-order valence-electron chi connectivity index (χ3n) is 4.88. The predicted molar refractivity (Wildman–Crippen MR) is 113 cm³/mol. The zero-order valence-electron chi connectivity index (χ0n) is 15.8. The van der Waals surface area contributed by atoms with Crippen LogP contribution < -0.4 is 27.0 Å². The van der Waals surface area contributed by atoms with Crippen molar-refractivity contribution in [3.05, 3.63) is 74.9 Å². The number of anilines is 2. The molecule has 0 aliphatic heterocycles. The first-order valence-electron chi connectivity index (χ1n) is 9.58. The number of hydrogen-bond acceptors (Lipinski definition) is 5. The molecule has 0 bridgehead atoms. The second-order valence-corrected chi connectivity index (χ2v) is 7.24. The van der Waals surface area contributed by atoms with E-state index in [4.69, 9.17) is 4.98 Å². The van der Waals surface area contributed by atoms with Crippen molar-refractivity contribution in [2.24, 2.45) is 0 Å². The SMILES string of the molecule is C=c1[nH]c(=O)[nH]/c1=C\c1cnn2c(NC3CC3)cc(NCc3ccccc3)nc12. The summed E-state index contributed by atoms with van der Waals surface area (Å²) < 4.78 is 1.80. The molecule has 5 rings (SSSR count). The van der Waals surface area contributed by atoms with Gasteiger partial charge in [0.1, 0.15) is 11.6 Å². The van der Waals surface area contributed by atoms with Crippen molar-refractivity contribution in [3.63, 3.8) is 0 Å². The van der Waals surface area contributed by atoms with Crippen LogP contribution in [0.3, 0.4) is 0 Å². The van der Waals surface area contributed by atoms with Gasteiger partial charge in [-0.3, -0.25) is 0 Å². The largest absolute Gasteiger partial charge is 0.367 e. The molecule has 8 heteroatoms. The van der Waals surface area contributed by atoms with Crippen molar-refractivity contribution in [2.75, 3.05) is 10.6 Å². The maximum atomic E-state index is 11.5. The normalized spacial score (nSPS) is 14.4. The summed E-state index contributed by atoms with van der Waals surface area (Å²) in [5, 5.41) is 12.6. The highest BCUT2D eigenvalue weighted by Gasteiger charge is 2.23. The van der Waals surface area contributed by atoms with Crippen molar-refractivity contribution in [3.8, 4) is 0 Å². The number of nitrogens with one attached hydrogen (secondary N) is 4. The third-order valence-corrected chi connectivity index (χ3v) is 4.88. The molecular weight excluding hydrogens is 366 g/mol. The maximum Gasteiger partial charge on any atom is 0.323 e. The lowest BCUT2D eigenvalue weighted by atomic mass is 10.2. The molecule has 3 aromatic heterocycles. The summed E-state index contributed by atoms with van der Waals surface area (Å²) in [4.78, 5) is 21.7. The summed E-state index contributed by atoms with van der Waals surface area (Å²) in [5.74, 6) is 1.65. The number of imidazole rings is 1. The average Bonchev–Trinajstić information content (AvgIpc) is 3.36. The molecule has 0 atom stereocenters. The van der Waals surface area contributed by atoms with Gasteiger partial charge in [-0.25, -0.2) is 9.78 Å². The van der Waals surface area contributed by atoms with Crippen LogP contribution in [0.4, 0.5) is 11.6 Å². The molecular formula is C21H21N7O. The minimum absolute atomic E-state index is 0.285. The first-order valence-corrected chi connectivity index (χ1v) is 9.58. The van der Waals surface area contributed by atoms with E-state index >= 15 is 0 Å². The summed E-state index contributed by atoms with van der Waals surface area (Å²) in [6.07, 6.45) is 5.89. The first kappa shape index (κ1) is 17.3. The van der Waals surface area contributed by atoms with E-state index in [0.717, 1.165) is 30.0 Å². The zero-order chi connectivity index (χ0) is 19.8. The summed E-state index contributed by atoms with van der Waals surface area (Å²) >= 11 is 0. The van der Waals surface area contributed by atoms with E-state index in [0.29, 0.717) is 28.9 Å². The maximum absolute atomic E-state index is 11.5. The van der Waals surface area contributed by atoms with Crippen molar-refractivity contribution in [1.82, 2.24) is 24.6 Å². The molecule has 0 radical (unpaired) electrons. The van der Waals surface area contributed by atoms with Crippen LogP contribution in [0.2, 0.25) is 0 Å². The monoisotopic (exact) mass is 387 g/mol. The number of aromatic amines is 2. The van der Waals surface area contributed by atoms with E-state index in [1.165, 1.54) is 5.56 Å². The standard InChI is InChI=1S/C21H21N7O/c1-13-17(26-21(29)24-13)9-15-12-23-28-19(25-16-7-8-16)10-18(27-20(15)28)22-11-14-5-3-2-4-6-14/h2-6,9-10,12,16,25H,1,7-8,11H2,(H,22,27)(H2,24,26,29)/b17-9-. The van der Waals surface area contributed by atoms with Gasteiger partial charge >= 0.3 is 5.69 Å². The Hall–Kier alpha value is -3.81. The summed E-state index contributed by atoms with van der Waals surface area (Å²) in [6.45, 7) is 4.53. The van der Waals surface area contributed by atoms with Gasteiger partial charge in [-0.1, -0.05) is 36.9 Å². The van der Waals surface area contributed by atoms with Gasteiger partial charge in [-0.2, -0.15) is 9.61 Å². The Morgan fingerprint density at radius 2 is 2.07 bits per heavy atom. The summed E-state index contributed by atoms with van der Waals surface area (Å²) in [5.41, 5.74) is 2.39. The molecule has 1 saturated carbocycles. The van der Waals surface area contributed by atoms with E-state index in [2.05, 4.69) is 44.4 Å². The quantitative estimate of drug-likeness (QED) is 0.398. The van der Waals surface area contributed by atoms with E-state index in [1.54, 1.807) is 10.7 Å². The van der Waals surface area contributed by atoms with Gasteiger partial charge in [-0.15, -0.1) is 0 Å². The molecule has 3 heterocycles. The number of fused-ring (bicyclic) bond motifs is 1. The lowest BCUT2D eigenvalue weighted by Gasteiger charge is -2.11. The summed E-state index contributed by atoms with van der Waals surface area (Å²) in [7, 11) is 0. The first-order chi connectivity index (χ1) is 14.2. The van der Waals surface area contributed by atoms with Crippen molar-refractivity contribution >= 4 is 29.9 Å². The fraction of sp³-hybridized carbons (Fsp3) is 0.190. The van der Waals surface area contributed by atoms with Crippen LogP contribution in [0.1, 0.15) is 24.0 Å². The highest BCUT2D eigenvalue weighted by atomic mass is 16.1. The molecule has 1 aromatic carbocycles. The van der Waals surface area contributed by atoms with E-state index in [1.807, 2.05) is 30.3 Å². The van der Waals surface area contributed by atoms with Crippen LogP contribution >= 0.6 is 0 Å². The molecule has 1 aliphatic carbocycles. The van der Waals surface area contributed by atoms with Gasteiger partial charge in [-0.05, 0) is 24.5 Å². The lowest BCUT2D eigenvalue weighted by Crippen LogP contribution is -2.22. The van der Waals surface area contributed by atoms with Crippen LogP contribution in [0.15, 0.2) is 47.4 Å².